The lowest BCUT2D eigenvalue weighted by atomic mass is 10.1. The molecule has 9 nitrogen and oxygen atoms in total. The van der Waals surface area contributed by atoms with Crippen LogP contribution in [0.5, 0.6) is 0 Å². The summed E-state index contributed by atoms with van der Waals surface area (Å²) in [5.74, 6) is -3.85. The molecule has 164 valence electrons. The van der Waals surface area contributed by atoms with Gasteiger partial charge in [-0.3, -0.25) is 29.3 Å². The zero-order valence-corrected chi connectivity index (χ0v) is 16.8. The molecule has 0 spiro atoms. The second-order valence-electron chi connectivity index (χ2n) is 7.07. The van der Waals surface area contributed by atoms with Gasteiger partial charge in [-0.1, -0.05) is 18.2 Å². The molecule has 33 heavy (non-hydrogen) atoms. The van der Waals surface area contributed by atoms with E-state index in [9.17, 15) is 33.7 Å². The Morgan fingerprint density at radius 2 is 1.48 bits per heavy atom. The van der Waals surface area contributed by atoms with E-state index in [1.165, 1.54) is 42.5 Å². The molecule has 3 aromatic carbocycles. The summed E-state index contributed by atoms with van der Waals surface area (Å²) < 4.78 is 13.2. The van der Waals surface area contributed by atoms with Gasteiger partial charge in [0.2, 0.25) is 0 Å². The minimum absolute atomic E-state index is 0.0462. The largest absolute Gasteiger partial charge is 0.292 e. The van der Waals surface area contributed by atoms with Crippen molar-refractivity contribution in [3.63, 3.8) is 0 Å². The SMILES string of the molecule is O=C(CN(C(=O)c1cccc([N+](=O)[O-])c1)N1C(=O)c2ccccc2C1=O)c1ccc(F)cc1. The molecule has 1 heterocycles. The van der Waals surface area contributed by atoms with Crippen molar-refractivity contribution in [1.82, 2.24) is 10.0 Å². The quantitative estimate of drug-likeness (QED) is 0.248. The topological polar surface area (TPSA) is 118 Å². The Bertz CT molecular complexity index is 1290. The smallest absolute Gasteiger partial charge is 0.280 e. The van der Waals surface area contributed by atoms with Crippen molar-refractivity contribution in [2.24, 2.45) is 0 Å². The van der Waals surface area contributed by atoms with E-state index in [1.54, 1.807) is 12.1 Å². The lowest BCUT2D eigenvalue weighted by molar-refractivity contribution is -0.384. The van der Waals surface area contributed by atoms with Crippen LogP contribution in [0.1, 0.15) is 41.4 Å². The number of imide groups is 1. The Morgan fingerprint density at radius 3 is 2.06 bits per heavy atom. The molecule has 0 fully saturated rings. The second kappa shape index (κ2) is 8.42. The highest BCUT2D eigenvalue weighted by atomic mass is 19.1. The highest BCUT2D eigenvalue weighted by Gasteiger charge is 2.42. The predicted octanol–water partition coefficient (Wildman–Crippen LogP) is 3.27. The Morgan fingerprint density at radius 1 is 0.879 bits per heavy atom. The van der Waals surface area contributed by atoms with Crippen LogP contribution in [0, 0.1) is 15.9 Å². The van der Waals surface area contributed by atoms with Crippen LogP contribution >= 0.6 is 0 Å². The van der Waals surface area contributed by atoms with Gasteiger partial charge in [-0.25, -0.2) is 9.40 Å². The van der Waals surface area contributed by atoms with Crippen LogP contribution in [0.4, 0.5) is 10.1 Å². The number of amides is 3. The predicted molar refractivity (Wildman–Crippen MR) is 112 cm³/mol. The lowest BCUT2D eigenvalue weighted by Gasteiger charge is -2.29. The first kappa shape index (κ1) is 21.5. The van der Waals surface area contributed by atoms with E-state index in [0.29, 0.717) is 10.0 Å². The monoisotopic (exact) mass is 447 g/mol. The van der Waals surface area contributed by atoms with Crippen molar-refractivity contribution >= 4 is 29.2 Å². The third-order valence-corrected chi connectivity index (χ3v) is 5.01. The van der Waals surface area contributed by atoms with Gasteiger partial charge in [0.15, 0.2) is 5.78 Å². The molecule has 1 aliphatic heterocycles. The highest BCUT2D eigenvalue weighted by Crippen LogP contribution is 2.26. The van der Waals surface area contributed by atoms with Gasteiger partial charge < -0.3 is 0 Å². The van der Waals surface area contributed by atoms with Gasteiger partial charge >= 0.3 is 0 Å². The van der Waals surface area contributed by atoms with E-state index in [2.05, 4.69) is 0 Å². The zero-order chi connectivity index (χ0) is 23.7. The van der Waals surface area contributed by atoms with E-state index in [0.717, 1.165) is 18.2 Å². The van der Waals surface area contributed by atoms with Crippen LogP contribution in [-0.4, -0.2) is 45.0 Å². The fourth-order valence-electron chi connectivity index (χ4n) is 3.39. The number of non-ortho nitro benzene ring substituents is 1. The van der Waals surface area contributed by atoms with Crippen LogP contribution < -0.4 is 0 Å². The number of halogens is 1. The van der Waals surface area contributed by atoms with Gasteiger partial charge in [0, 0.05) is 23.3 Å². The molecular formula is C23H14FN3O6. The van der Waals surface area contributed by atoms with Crippen LogP contribution in [-0.2, 0) is 0 Å². The number of nitro benzene ring substituents is 1. The van der Waals surface area contributed by atoms with Gasteiger partial charge in [-0.15, -0.1) is 0 Å². The summed E-state index contributed by atoms with van der Waals surface area (Å²) in [6, 6.07) is 15.1. The molecule has 4 rings (SSSR count). The van der Waals surface area contributed by atoms with Crippen molar-refractivity contribution in [3.05, 3.63) is 111 Å². The number of hydrogen-bond donors (Lipinski definition) is 0. The number of hydrogen-bond acceptors (Lipinski definition) is 6. The number of carbonyl (C=O) groups is 4. The van der Waals surface area contributed by atoms with Crippen LogP contribution in [0.25, 0.3) is 0 Å². The first-order valence-electron chi connectivity index (χ1n) is 9.60. The molecule has 0 saturated carbocycles. The van der Waals surface area contributed by atoms with E-state index in [-0.39, 0.29) is 27.9 Å². The molecule has 0 radical (unpaired) electrons. The third-order valence-electron chi connectivity index (χ3n) is 5.01. The van der Waals surface area contributed by atoms with Crippen LogP contribution in [0.15, 0.2) is 72.8 Å². The number of nitro groups is 1. The first-order chi connectivity index (χ1) is 15.8. The molecule has 0 unspecified atom stereocenters. The summed E-state index contributed by atoms with van der Waals surface area (Å²) in [5.41, 5.74) is -0.437. The van der Waals surface area contributed by atoms with Crippen molar-refractivity contribution in [3.8, 4) is 0 Å². The number of ketones is 1. The Labute approximate surface area is 185 Å². The van der Waals surface area contributed by atoms with E-state index in [4.69, 9.17) is 0 Å². The summed E-state index contributed by atoms with van der Waals surface area (Å²) in [6.07, 6.45) is 0. The average Bonchev–Trinajstić information content (AvgIpc) is 3.07. The summed E-state index contributed by atoms with van der Waals surface area (Å²) in [5, 5.41) is 12.3. The van der Waals surface area contributed by atoms with Gasteiger partial charge in [0.05, 0.1) is 16.1 Å². The molecular weight excluding hydrogens is 433 g/mol. The fraction of sp³-hybridized carbons (Fsp3) is 0.0435. The molecule has 0 aliphatic carbocycles. The van der Waals surface area contributed by atoms with Gasteiger partial charge in [-0.2, -0.15) is 5.01 Å². The molecule has 0 bridgehead atoms. The summed E-state index contributed by atoms with van der Waals surface area (Å²) in [7, 11) is 0. The maximum Gasteiger partial charge on any atom is 0.280 e. The number of nitrogens with zero attached hydrogens (tertiary/aromatic N) is 3. The van der Waals surface area contributed by atoms with Crippen LogP contribution in [0.2, 0.25) is 0 Å². The average molecular weight is 447 g/mol. The summed E-state index contributed by atoms with van der Waals surface area (Å²) >= 11 is 0. The minimum atomic E-state index is -0.969. The summed E-state index contributed by atoms with van der Waals surface area (Å²) in [4.78, 5) is 62.5. The molecule has 0 N–H and O–H groups in total. The Hall–Kier alpha value is -4.73. The minimum Gasteiger partial charge on any atom is -0.292 e. The fourth-order valence-corrected chi connectivity index (χ4v) is 3.39. The number of Topliss-reactive ketones (excluding diaryl/α,β-unsaturated/α-hetero) is 1. The van der Waals surface area contributed by atoms with Gasteiger partial charge in [0.25, 0.3) is 23.4 Å². The van der Waals surface area contributed by atoms with Crippen molar-refractivity contribution in [2.75, 3.05) is 6.54 Å². The molecule has 0 saturated heterocycles. The summed E-state index contributed by atoms with van der Waals surface area (Å²) in [6.45, 7) is -0.737. The second-order valence-corrected chi connectivity index (χ2v) is 7.07. The van der Waals surface area contributed by atoms with Gasteiger partial charge in [-0.05, 0) is 42.5 Å². The highest BCUT2D eigenvalue weighted by molar-refractivity contribution is 6.22. The Balaban J connectivity index is 1.75. The normalized spacial score (nSPS) is 12.5. The number of rotatable bonds is 6. The van der Waals surface area contributed by atoms with E-state index >= 15 is 0 Å². The van der Waals surface area contributed by atoms with E-state index in [1.807, 2.05) is 0 Å². The molecule has 3 amide bonds. The molecule has 3 aromatic rings. The maximum atomic E-state index is 13.3. The van der Waals surface area contributed by atoms with Crippen molar-refractivity contribution < 1.29 is 28.5 Å². The number of benzene rings is 3. The standard InChI is InChI=1S/C23H14FN3O6/c24-16-10-8-14(9-11-16)20(28)13-25(21(29)15-4-3-5-17(12-15)27(32)33)26-22(30)18-6-1-2-7-19(18)23(26)31/h1-12H,13H2. The third kappa shape index (κ3) is 3.97. The van der Waals surface area contributed by atoms with Crippen molar-refractivity contribution in [2.45, 2.75) is 0 Å². The number of fused-ring (bicyclic) bond motifs is 1. The first-order valence-corrected chi connectivity index (χ1v) is 9.60. The zero-order valence-electron chi connectivity index (χ0n) is 16.8. The lowest BCUT2D eigenvalue weighted by Crippen LogP contribution is -2.51. The molecule has 0 aromatic heterocycles. The van der Waals surface area contributed by atoms with Crippen molar-refractivity contribution in [1.29, 1.82) is 0 Å². The Kier molecular flexibility index (Phi) is 5.49. The van der Waals surface area contributed by atoms with E-state index < -0.39 is 40.8 Å². The van der Waals surface area contributed by atoms with Crippen LogP contribution in [0.3, 0.4) is 0 Å². The molecule has 0 atom stereocenters. The van der Waals surface area contributed by atoms with Gasteiger partial charge in [0.1, 0.15) is 12.4 Å². The maximum absolute atomic E-state index is 13.3. The molecule has 10 heteroatoms. The molecule has 1 aliphatic rings. The number of hydrazine groups is 1. The number of carbonyl (C=O) groups excluding carboxylic acids is 4.